The summed E-state index contributed by atoms with van der Waals surface area (Å²) in [5.41, 5.74) is -0.350. The number of rotatable bonds is 7. The number of nitrogens with zero attached hydrogens (tertiary/aromatic N) is 1. The maximum Gasteiger partial charge on any atom is 0.413 e. The van der Waals surface area contributed by atoms with Gasteiger partial charge in [0.05, 0.1) is 5.92 Å². The van der Waals surface area contributed by atoms with Crippen LogP contribution in [0.15, 0.2) is 54.6 Å². The zero-order chi connectivity index (χ0) is 20.9. The number of halogens is 4. The van der Waals surface area contributed by atoms with Crippen LogP contribution < -0.4 is 0 Å². The molecule has 0 aliphatic rings. The van der Waals surface area contributed by atoms with Crippen molar-refractivity contribution in [1.82, 2.24) is 4.90 Å². The molecule has 0 heterocycles. The third kappa shape index (κ3) is 5.09. The van der Waals surface area contributed by atoms with Gasteiger partial charge in [0.15, 0.2) is 6.04 Å². The van der Waals surface area contributed by atoms with Crippen LogP contribution >= 0.6 is 0 Å². The Bertz CT molecular complexity index is 806. The Hall–Kier alpha value is -2.90. The molecular formula is C20H19F4NO3. The van der Waals surface area contributed by atoms with Gasteiger partial charge in [0.2, 0.25) is 0 Å². The summed E-state index contributed by atoms with van der Waals surface area (Å²) < 4.78 is 55.1. The number of benzene rings is 2. The van der Waals surface area contributed by atoms with Crippen LogP contribution in [0, 0.1) is 11.7 Å². The molecule has 0 saturated carbocycles. The Morgan fingerprint density at radius 2 is 1.61 bits per heavy atom. The highest BCUT2D eigenvalue weighted by atomic mass is 19.4. The molecule has 28 heavy (non-hydrogen) atoms. The molecule has 0 aliphatic heterocycles. The molecule has 1 amide bonds. The van der Waals surface area contributed by atoms with Crippen molar-refractivity contribution < 1.29 is 32.3 Å². The van der Waals surface area contributed by atoms with E-state index < -0.39 is 42.4 Å². The number of carboxylic acids is 1. The van der Waals surface area contributed by atoms with Gasteiger partial charge in [0, 0.05) is 12.1 Å². The average Bonchev–Trinajstić information content (AvgIpc) is 2.65. The van der Waals surface area contributed by atoms with Crippen molar-refractivity contribution in [3.8, 4) is 0 Å². The molecule has 2 aromatic rings. The summed E-state index contributed by atoms with van der Waals surface area (Å²) in [5.74, 6) is -4.15. The van der Waals surface area contributed by atoms with E-state index in [1.54, 1.807) is 6.07 Å². The quantitative estimate of drug-likeness (QED) is 0.690. The third-order valence-electron chi connectivity index (χ3n) is 4.35. The number of alkyl halides is 3. The van der Waals surface area contributed by atoms with Crippen LogP contribution in [-0.2, 0) is 4.79 Å². The van der Waals surface area contributed by atoms with Crippen LogP contribution in [0.25, 0.3) is 0 Å². The molecule has 0 fully saturated rings. The summed E-state index contributed by atoms with van der Waals surface area (Å²) in [5, 5.41) is 9.30. The van der Waals surface area contributed by atoms with Gasteiger partial charge in [-0.25, -0.2) is 4.39 Å². The highest BCUT2D eigenvalue weighted by molar-refractivity contribution is 5.94. The molecule has 4 nitrogen and oxygen atoms in total. The van der Waals surface area contributed by atoms with Gasteiger partial charge in [-0.1, -0.05) is 37.3 Å². The van der Waals surface area contributed by atoms with Crippen LogP contribution in [0.1, 0.15) is 35.3 Å². The lowest BCUT2D eigenvalue weighted by molar-refractivity contribution is -0.182. The molecule has 2 aromatic carbocycles. The number of hydrogen-bond acceptors (Lipinski definition) is 2. The van der Waals surface area contributed by atoms with E-state index in [2.05, 4.69) is 0 Å². The summed E-state index contributed by atoms with van der Waals surface area (Å²) in [6, 6.07) is 8.54. The predicted octanol–water partition coefficient (Wildman–Crippen LogP) is 4.68. The average molecular weight is 397 g/mol. The fourth-order valence-electron chi connectivity index (χ4n) is 2.86. The standard InChI is InChI=1S/C20H19F4NO3/c1-2-13(19(27)28)12-25(18(26)15-6-4-3-5-7-15)17(20(22,23)24)14-8-10-16(21)11-9-14/h3-11,13,17H,2,12H2,1H3,(H,27,28). The molecule has 2 atom stereocenters. The molecule has 8 heteroatoms. The maximum atomic E-state index is 14.0. The molecule has 150 valence electrons. The van der Waals surface area contributed by atoms with Crippen molar-refractivity contribution in [3.63, 3.8) is 0 Å². The minimum absolute atomic E-state index is 0.000830. The first-order chi connectivity index (χ1) is 13.1. The van der Waals surface area contributed by atoms with Crippen LogP contribution in [0.4, 0.5) is 17.6 Å². The van der Waals surface area contributed by atoms with Crippen molar-refractivity contribution in [2.75, 3.05) is 6.54 Å². The van der Waals surface area contributed by atoms with E-state index in [0.29, 0.717) is 4.90 Å². The molecule has 2 rings (SSSR count). The lowest BCUT2D eigenvalue weighted by Gasteiger charge is -2.35. The molecule has 0 saturated heterocycles. The van der Waals surface area contributed by atoms with E-state index in [-0.39, 0.29) is 17.5 Å². The summed E-state index contributed by atoms with van der Waals surface area (Å²) in [7, 11) is 0. The molecule has 2 unspecified atom stereocenters. The Labute approximate surface area is 159 Å². The van der Waals surface area contributed by atoms with Crippen LogP contribution in [0.5, 0.6) is 0 Å². The normalized spacial score (nSPS) is 13.6. The summed E-state index contributed by atoms with van der Waals surface area (Å²) >= 11 is 0. The number of carbonyl (C=O) groups is 2. The number of carbonyl (C=O) groups excluding carboxylic acids is 1. The zero-order valence-electron chi connectivity index (χ0n) is 15.0. The van der Waals surface area contributed by atoms with Gasteiger partial charge < -0.3 is 10.0 Å². The second-order valence-electron chi connectivity index (χ2n) is 6.26. The Balaban J connectivity index is 2.56. The zero-order valence-corrected chi connectivity index (χ0v) is 15.0. The number of carboxylic acid groups (broad SMARTS) is 1. The van der Waals surface area contributed by atoms with Gasteiger partial charge >= 0.3 is 12.1 Å². The topological polar surface area (TPSA) is 57.6 Å². The SMILES string of the molecule is CCC(CN(C(=O)c1ccccc1)C(c1ccc(F)cc1)C(F)(F)F)C(=O)O. The molecule has 0 radical (unpaired) electrons. The minimum Gasteiger partial charge on any atom is -0.481 e. The fraction of sp³-hybridized carbons (Fsp3) is 0.300. The highest BCUT2D eigenvalue weighted by Gasteiger charge is 2.47. The smallest absolute Gasteiger partial charge is 0.413 e. The number of amides is 1. The molecule has 0 bridgehead atoms. The van der Waals surface area contributed by atoms with Crippen molar-refractivity contribution >= 4 is 11.9 Å². The Kier molecular flexibility index (Phi) is 6.77. The van der Waals surface area contributed by atoms with Gasteiger partial charge in [0.25, 0.3) is 5.91 Å². The molecule has 0 spiro atoms. The monoisotopic (exact) mass is 397 g/mol. The van der Waals surface area contributed by atoms with Crippen molar-refractivity contribution in [1.29, 1.82) is 0 Å². The lowest BCUT2D eigenvalue weighted by atomic mass is 9.99. The Morgan fingerprint density at radius 3 is 2.07 bits per heavy atom. The van der Waals surface area contributed by atoms with E-state index in [1.165, 1.54) is 31.2 Å². The van der Waals surface area contributed by atoms with E-state index in [9.17, 15) is 32.3 Å². The fourth-order valence-corrected chi connectivity index (χ4v) is 2.86. The molecule has 0 aliphatic carbocycles. The second kappa shape index (κ2) is 8.86. The first kappa shape index (κ1) is 21.4. The van der Waals surface area contributed by atoms with Crippen molar-refractivity contribution in [2.24, 2.45) is 5.92 Å². The first-order valence-corrected chi connectivity index (χ1v) is 8.56. The van der Waals surface area contributed by atoms with Gasteiger partial charge in [-0.15, -0.1) is 0 Å². The highest BCUT2D eigenvalue weighted by Crippen LogP contribution is 2.39. The summed E-state index contributed by atoms with van der Waals surface area (Å²) in [6.07, 6.45) is -4.85. The predicted molar refractivity (Wildman–Crippen MR) is 94.1 cm³/mol. The van der Waals surface area contributed by atoms with Crippen molar-refractivity contribution in [3.05, 3.63) is 71.5 Å². The van der Waals surface area contributed by atoms with Gasteiger partial charge in [-0.2, -0.15) is 13.2 Å². The maximum absolute atomic E-state index is 14.0. The first-order valence-electron chi connectivity index (χ1n) is 8.56. The number of hydrogen-bond donors (Lipinski definition) is 1. The molecule has 1 N–H and O–H groups in total. The Morgan fingerprint density at radius 1 is 1.04 bits per heavy atom. The minimum atomic E-state index is -4.89. The van der Waals surface area contributed by atoms with Crippen LogP contribution in [0.2, 0.25) is 0 Å². The van der Waals surface area contributed by atoms with Crippen LogP contribution in [0.3, 0.4) is 0 Å². The van der Waals surface area contributed by atoms with E-state index in [4.69, 9.17) is 0 Å². The number of aliphatic carboxylic acids is 1. The lowest BCUT2D eigenvalue weighted by Crippen LogP contribution is -2.45. The molecular weight excluding hydrogens is 378 g/mol. The van der Waals surface area contributed by atoms with Gasteiger partial charge in [-0.05, 0) is 36.2 Å². The van der Waals surface area contributed by atoms with E-state index >= 15 is 0 Å². The van der Waals surface area contributed by atoms with Crippen molar-refractivity contribution in [2.45, 2.75) is 25.6 Å². The van der Waals surface area contributed by atoms with Crippen LogP contribution in [-0.4, -0.2) is 34.6 Å². The second-order valence-corrected chi connectivity index (χ2v) is 6.26. The summed E-state index contributed by atoms with van der Waals surface area (Å²) in [4.78, 5) is 24.8. The van der Waals surface area contributed by atoms with E-state index in [1.807, 2.05) is 0 Å². The third-order valence-corrected chi connectivity index (χ3v) is 4.35. The van der Waals surface area contributed by atoms with Gasteiger partial charge in [0.1, 0.15) is 5.82 Å². The molecule has 0 aromatic heterocycles. The largest absolute Gasteiger partial charge is 0.481 e. The van der Waals surface area contributed by atoms with E-state index in [0.717, 1.165) is 24.3 Å². The van der Waals surface area contributed by atoms with Gasteiger partial charge in [-0.3, -0.25) is 9.59 Å². The summed E-state index contributed by atoms with van der Waals surface area (Å²) in [6.45, 7) is 0.881.